The van der Waals surface area contributed by atoms with Gasteiger partial charge < -0.3 is 9.47 Å². The van der Waals surface area contributed by atoms with Gasteiger partial charge in [-0.15, -0.1) is 11.3 Å². The van der Waals surface area contributed by atoms with Crippen molar-refractivity contribution in [1.29, 1.82) is 0 Å². The van der Waals surface area contributed by atoms with Crippen LogP contribution in [0.3, 0.4) is 0 Å². The fraction of sp³-hybridized carbons (Fsp3) is 0.429. The van der Waals surface area contributed by atoms with Crippen LogP contribution < -0.4 is 4.74 Å². The van der Waals surface area contributed by atoms with E-state index in [9.17, 15) is 79.4 Å². The molecule has 50 heavy (non-hydrogen) atoms. The van der Waals surface area contributed by atoms with Crippen molar-refractivity contribution in [3.05, 3.63) is 60.3 Å². The molecule has 0 saturated carbocycles. The maximum atomic E-state index is 14.2. The van der Waals surface area contributed by atoms with Gasteiger partial charge in [0.2, 0.25) is 0 Å². The van der Waals surface area contributed by atoms with E-state index >= 15 is 0 Å². The number of carbonyl (C=O) groups excluding carboxylic acids is 1. The molecule has 1 heterocycles. The molecule has 0 saturated heterocycles. The molecule has 22 heteroatoms. The molecule has 0 atom stereocenters. The first-order chi connectivity index (χ1) is 22.6. The van der Waals surface area contributed by atoms with Crippen LogP contribution in [0, 0.1) is 0 Å². The molecule has 1 aromatic heterocycles. The third-order valence-electron chi connectivity index (χ3n) is 6.85. The van der Waals surface area contributed by atoms with Gasteiger partial charge in [-0.1, -0.05) is 30.3 Å². The Balaban J connectivity index is 1.82. The largest absolute Gasteiger partial charge is 0.497 e. The van der Waals surface area contributed by atoms with Crippen LogP contribution in [0.25, 0.3) is 21.0 Å². The van der Waals surface area contributed by atoms with Gasteiger partial charge in [-0.05, 0) is 36.2 Å². The van der Waals surface area contributed by atoms with E-state index in [1.165, 1.54) is 55.6 Å². The SMILES string of the molecule is COc1ccc(-c2nc(C(=O)OCCCC(F)(F)C(F)(F)C(F)(F)C(F)(F)C(F)(F)C(F)(F)C(F)(F)C(F)(F)F)c(-c3ccccc3)s2)cc1. The average molecular weight is 771 g/mol. The van der Waals surface area contributed by atoms with Crippen molar-refractivity contribution < 1.29 is 88.9 Å². The van der Waals surface area contributed by atoms with Crippen molar-refractivity contribution in [2.75, 3.05) is 13.7 Å². The second kappa shape index (κ2) is 13.4. The van der Waals surface area contributed by atoms with Crippen LogP contribution in [0.15, 0.2) is 54.6 Å². The minimum Gasteiger partial charge on any atom is -0.497 e. The highest BCUT2D eigenvalue weighted by molar-refractivity contribution is 7.18. The van der Waals surface area contributed by atoms with Crippen LogP contribution >= 0.6 is 11.3 Å². The summed E-state index contributed by atoms with van der Waals surface area (Å²) < 4.78 is 239. The molecule has 2 aromatic carbocycles. The van der Waals surface area contributed by atoms with Gasteiger partial charge in [-0.3, -0.25) is 0 Å². The average Bonchev–Trinajstić information content (AvgIpc) is 3.48. The Morgan fingerprint density at radius 1 is 0.640 bits per heavy atom. The van der Waals surface area contributed by atoms with Gasteiger partial charge in [-0.2, -0.15) is 74.6 Å². The molecule has 0 radical (unpaired) electrons. The van der Waals surface area contributed by atoms with E-state index < -0.39 is 78.7 Å². The third-order valence-corrected chi connectivity index (χ3v) is 8.00. The number of halogens is 17. The van der Waals surface area contributed by atoms with Crippen molar-refractivity contribution in [1.82, 2.24) is 4.98 Å². The molecule has 0 fully saturated rings. The minimum atomic E-state index is -8.70. The molecule has 0 aliphatic carbocycles. The van der Waals surface area contributed by atoms with E-state index in [1.807, 2.05) is 0 Å². The molecule has 0 unspecified atom stereocenters. The summed E-state index contributed by atoms with van der Waals surface area (Å²) in [6, 6.07) is 13.8. The highest BCUT2D eigenvalue weighted by Crippen LogP contribution is 2.64. The molecule has 4 nitrogen and oxygen atoms in total. The summed E-state index contributed by atoms with van der Waals surface area (Å²) in [4.78, 5) is 17.0. The van der Waals surface area contributed by atoms with Gasteiger partial charge in [0.25, 0.3) is 0 Å². The molecule has 3 rings (SSSR count). The van der Waals surface area contributed by atoms with Crippen LogP contribution in [0.1, 0.15) is 23.3 Å². The Hall–Kier alpha value is -3.85. The lowest BCUT2D eigenvalue weighted by molar-refractivity contribution is -0.461. The summed E-state index contributed by atoms with van der Waals surface area (Å²) >= 11 is 0.915. The lowest BCUT2D eigenvalue weighted by Gasteiger charge is -2.42. The first kappa shape index (κ1) is 40.6. The number of carbonyl (C=O) groups is 1. The summed E-state index contributed by atoms with van der Waals surface area (Å²) in [7, 11) is 1.38. The number of rotatable bonds is 14. The Kier molecular flexibility index (Phi) is 10.8. The summed E-state index contributed by atoms with van der Waals surface area (Å²) in [5.41, 5.74) is 0.313. The van der Waals surface area contributed by atoms with E-state index in [1.54, 1.807) is 6.07 Å². The van der Waals surface area contributed by atoms with Gasteiger partial charge in [0.15, 0.2) is 5.69 Å². The van der Waals surface area contributed by atoms with Crippen LogP contribution in [-0.2, 0) is 4.74 Å². The zero-order chi connectivity index (χ0) is 38.4. The third kappa shape index (κ3) is 6.65. The maximum Gasteiger partial charge on any atom is 0.460 e. The summed E-state index contributed by atoms with van der Waals surface area (Å²) in [5, 5.41) is 0.183. The predicted molar refractivity (Wildman–Crippen MR) is 140 cm³/mol. The Labute approximate surface area is 272 Å². The van der Waals surface area contributed by atoms with E-state index in [2.05, 4.69) is 9.72 Å². The minimum absolute atomic E-state index is 0.119. The highest BCUT2D eigenvalue weighted by Gasteiger charge is 2.95. The number of esters is 1. The fourth-order valence-electron chi connectivity index (χ4n) is 3.98. The predicted octanol–water partition coefficient (Wildman–Crippen LogP) is 10.4. The molecule has 0 aliphatic rings. The standard InChI is InChI=1S/C28H18F17NO3S/c1-48-16-10-8-15(9-11-16)19-46-17(18(50-19)14-6-3-2-4-7-14)20(47)49-13-5-12-21(29,30)22(31,32)23(33,34)24(35,36)25(37,38)26(39,40)27(41,42)28(43,44)45/h2-4,6-11H,5,12-13H2,1H3. The van der Waals surface area contributed by atoms with Gasteiger partial charge in [-0.25, -0.2) is 9.78 Å². The molecule has 0 aliphatic heterocycles. The second-order valence-electron chi connectivity index (χ2n) is 10.2. The van der Waals surface area contributed by atoms with Gasteiger partial charge >= 0.3 is 53.6 Å². The first-order valence-corrected chi connectivity index (χ1v) is 14.0. The van der Waals surface area contributed by atoms with E-state index in [0.29, 0.717) is 16.9 Å². The number of nitrogens with zero attached hydrogens (tertiary/aromatic N) is 1. The number of aromatic nitrogens is 1. The normalized spacial score (nSPS) is 14.1. The molecular weight excluding hydrogens is 753 g/mol. The van der Waals surface area contributed by atoms with Crippen LogP contribution in [-0.4, -0.2) is 72.3 Å². The first-order valence-electron chi connectivity index (χ1n) is 13.2. The molecule has 0 bridgehead atoms. The summed E-state index contributed by atoms with van der Waals surface area (Å²) in [6.45, 7) is -1.39. The number of hydrogen-bond donors (Lipinski definition) is 0. The number of alkyl halides is 17. The van der Waals surface area contributed by atoms with Crippen LogP contribution in [0.2, 0.25) is 0 Å². The topological polar surface area (TPSA) is 48.4 Å². The number of ether oxygens (including phenoxy) is 2. The maximum absolute atomic E-state index is 14.2. The Morgan fingerprint density at radius 3 is 1.60 bits per heavy atom. The number of benzene rings is 2. The van der Waals surface area contributed by atoms with Crippen molar-refractivity contribution >= 4 is 17.3 Å². The number of methoxy groups -OCH3 is 1. The van der Waals surface area contributed by atoms with E-state index in [0.717, 1.165) is 11.3 Å². The van der Waals surface area contributed by atoms with Crippen LogP contribution in [0.5, 0.6) is 5.75 Å². The second-order valence-corrected chi connectivity index (χ2v) is 11.2. The Bertz CT molecular complexity index is 1640. The lowest BCUT2D eigenvalue weighted by atomic mass is 9.88. The molecule has 0 spiro atoms. The molecule has 278 valence electrons. The van der Waals surface area contributed by atoms with Crippen molar-refractivity contribution in [2.45, 2.75) is 60.5 Å². The van der Waals surface area contributed by atoms with E-state index in [4.69, 9.17) is 4.74 Å². The van der Waals surface area contributed by atoms with Crippen molar-refractivity contribution in [3.63, 3.8) is 0 Å². The smallest absolute Gasteiger partial charge is 0.460 e. The number of thiazole rings is 1. The quantitative estimate of drug-likeness (QED) is 0.0931. The van der Waals surface area contributed by atoms with Crippen molar-refractivity contribution in [3.8, 4) is 26.8 Å². The molecule has 0 N–H and O–H groups in total. The monoisotopic (exact) mass is 771 g/mol. The molecular formula is C28H18F17NO3S. The summed E-state index contributed by atoms with van der Waals surface area (Å²) in [6.07, 6.45) is -12.2. The van der Waals surface area contributed by atoms with Crippen LogP contribution in [0.4, 0.5) is 74.6 Å². The van der Waals surface area contributed by atoms with E-state index in [-0.39, 0.29) is 9.88 Å². The van der Waals surface area contributed by atoms with Gasteiger partial charge in [0, 0.05) is 12.0 Å². The number of hydrogen-bond acceptors (Lipinski definition) is 5. The highest BCUT2D eigenvalue weighted by atomic mass is 32.1. The zero-order valence-electron chi connectivity index (χ0n) is 24.3. The van der Waals surface area contributed by atoms with Gasteiger partial charge in [0.1, 0.15) is 10.8 Å². The molecule has 0 amide bonds. The Morgan fingerprint density at radius 2 is 1.12 bits per heavy atom. The fourth-order valence-corrected chi connectivity index (χ4v) is 5.05. The van der Waals surface area contributed by atoms with Gasteiger partial charge in [0.05, 0.1) is 18.6 Å². The summed E-state index contributed by atoms with van der Waals surface area (Å²) in [5.74, 6) is -57.9. The van der Waals surface area contributed by atoms with Crippen molar-refractivity contribution in [2.24, 2.45) is 0 Å². The zero-order valence-corrected chi connectivity index (χ0v) is 25.1. The molecule has 3 aromatic rings. The lowest BCUT2D eigenvalue weighted by Crippen LogP contribution is -2.74.